The smallest absolute Gasteiger partial charge is 0.340 e. The average Bonchev–Trinajstić information content (AvgIpc) is 2.97. The lowest BCUT2D eigenvalue weighted by Gasteiger charge is -2.10. The Morgan fingerprint density at radius 1 is 1.19 bits per heavy atom. The second kappa shape index (κ2) is 7.33. The Kier molecular flexibility index (Phi) is 5.13. The molecular formula is C20H23NO5. The van der Waals surface area contributed by atoms with Gasteiger partial charge in [-0.05, 0) is 49.9 Å². The molecule has 3 aromatic rings. The molecule has 0 saturated carbocycles. The number of fused-ring (bicyclic) bond motifs is 3. The maximum Gasteiger partial charge on any atom is 0.340 e. The van der Waals surface area contributed by atoms with Crippen LogP contribution in [0.2, 0.25) is 0 Å². The van der Waals surface area contributed by atoms with Gasteiger partial charge in [0.25, 0.3) is 0 Å². The van der Waals surface area contributed by atoms with E-state index in [0.717, 1.165) is 33.9 Å². The molecule has 0 aliphatic carbocycles. The minimum absolute atomic E-state index is 0.0217. The first-order chi connectivity index (χ1) is 12.4. The van der Waals surface area contributed by atoms with Crippen LogP contribution in [0.1, 0.15) is 28.7 Å². The van der Waals surface area contributed by atoms with Gasteiger partial charge < -0.3 is 18.9 Å². The van der Waals surface area contributed by atoms with Crippen LogP contribution in [0.15, 0.2) is 26.0 Å². The molecule has 1 N–H and O–H groups in total. The molecule has 0 spiro atoms. The Morgan fingerprint density at radius 3 is 2.69 bits per heavy atom. The van der Waals surface area contributed by atoms with Gasteiger partial charge in [-0.3, -0.25) is 4.79 Å². The monoisotopic (exact) mass is 357 g/mol. The molecule has 6 nitrogen and oxygen atoms in total. The summed E-state index contributed by atoms with van der Waals surface area (Å²) in [6.07, 6.45) is 2.40. The van der Waals surface area contributed by atoms with Crippen LogP contribution >= 0.6 is 0 Å². The normalized spacial score (nSPS) is 11.4. The van der Waals surface area contributed by atoms with Gasteiger partial charge in [0, 0.05) is 25.6 Å². The molecule has 0 aliphatic heterocycles. The fourth-order valence-corrected chi connectivity index (χ4v) is 3.34. The molecule has 0 aliphatic rings. The van der Waals surface area contributed by atoms with Gasteiger partial charge >= 0.3 is 5.63 Å². The van der Waals surface area contributed by atoms with Crippen molar-refractivity contribution < 1.29 is 18.4 Å². The maximum absolute atomic E-state index is 12.4. The summed E-state index contributed by atoms with van der Waals surface area (Å²) in [6, 6.07) is 1.85. The SMILES string of the molecule is COCCCNC(=O)Cc1c(C)c2c(cc(C)c3c(C)coc32)oc1=O. The van der Waals surface area contributed by atoms with E-state index in [4.69, 9.17) is 13.6 Å². The highest BCUT2D eigenvalue weighted by Crippen LogP contribution is 2.34. The molecule has 1 aromatic carbocycles. The van der Waals surface area contributed by atoms with E-state index < -0.39 is 5.63 Å². The molecule has 1 amide bonds. The number of hydrogen-bond acceptors (Lipinski definition) is 5. The van der Waals surface area contributed by atoms with Crippen molar-refractivity contribution in [1.29, 1.82) is 0 Å². The van der Waals surface area contributed by atoms with Crippen molar-refractivity contribution in [2.45, 2.75) is 33.6 Å². The number of benzene rings is 1. The van der Waals surface area contributed by atoms with E-state index in [0.29, 0.717) is 29.9 Å². The van der Waals surface area contributed by atoms with Gasteiger partial charge in [0.1, 0.15) is 11.2 Å². The number of furan rings is 1. The number of amides is 1. The Bertz CT molecular complexity index is 1030. The van der Waals surface area contributed by atoms with E-state index in [9.17, 15) is 9.59 Å². The molecule has 26 heavy (non-hydrogen) atoms. The number of rotatable bonds is 6. The lowest BCUT2D eigenvalue weighted by atomic mass is 9.99. The minimum atomic E-state index is -0.482. The highest BCUT2D eigenvalue weighted by Gasteiger charge is 2.19. The third-order valence-corrected chi connectivity index (χ3v) is 4.65. The molecule has 6 heteroatoms. The zero-order valence-corrected chi connectivity index (χ0v) is 15.5. The van der Waals surface area contributed by atoms with E-state index in [1.54, 1.807) is 13.4 Å². The number of carbonyl (C=O) groups is 1. The van der Waals surface area contributed by atoms with Gasteiger partial charge in [0.05, 0.1) is 23.6 Å². The van der Waals surface area contributed by atoms with Crippen LogP contribution in [-0.4, -0.2) is 26.2 Å². The first kappa shape index (κ1) is 18.2. The quantitative estimate of drug-likeness (QED) is 0.541. The summed E-state index contributed by atoms with van der Waals surface area (Å²) in [5.41, 5.74) is 3.80. The molecule has 0 radical (unpaired) electrons. The Labute approximate surface area is 151 Å². The van der Waals surface area contributed by atoms with E-state index >= 15 is 0 Å². The second-order valence-electron chi connectivity index (χ2n) is 6.56. The highest BCUT2D eigenvalue weighted by atomic mass is 16.5. The zero-order chi connectivity index (χ0) is 18.8. The summed E-state index contributed by atoms with van der Waals surface area (Å²) in [4.78, 5) is 24.6. The molecule has 2 aromatic heterocycles. The van der Waals surface area contributed by atoms with E-state index in [-0.39, 0.29) is 12.3 Å². The standard InChI is InChI=1S/C20H23NO5/c1-11-8-15-18(19-17(11)12(2)10-25-19)13(3)14(20(23)26-15)9-16(22)21-6-5-7-24-4/h8,10H,5-7,9H2,1-4H3,(H,21,22). The molecule has 3 rings (SSSR count). The predicted molar refractivity (Wildman–Crippen MR) is 99.7 cm³/mol. The van der Waals surface area contributed by atoms with Crippen LogP contribution in [0, 0.1) is 20.8 Å². The van der Waals surface area contributed by atoms with Crippen molar-refractivity contribution in [3.05, 3.63) is 45.0 Å². The number of ether oxygens (including phenoxy) is 1. The number of nitrogens with one attached hydrogen (secondary N) is 1. The largest absolute Gasteiger partial charge is 0.463 e. The van der Waals surface area contributed by atoms with Crippen molar-refractivity contribution in [3.63, 3.8) is 0 Å². The van der Waals surface area contributed by atoms with Gasteiger partial charge in [0.15, 0.2) is 0 Å². The van der Waals surface area contributed by atoms with Gasteiger partial charge in [-0.2, -0.15) is 0 Å². The molecular weight excluding hydrogens is 334 g/mol. The van der Waals surface area contributed by atoms with Crippen molar-refractivity contribution >= 4 is 27.8 Å². The molecule has 2 heterocycles. The third-order valence-electron chi connectivity index (χ3n) is 4.65. The second-order valence-corrected chi connectivity index (χ2v) is 6.56. The van der Waals surface area contributed by atoms with Gasteiger partial charge in [0.2, 0.25) is 5.91 Å². The van der Waals surface area contributed by atoms with Crippen LogP contribution in [0.25, 0.3) is 21.9 Å². The molecule has 0 saturated heterocycles. The summed E-state index contributed by atoms with van der Waals surface area (Å²) < 4.78 is 16.2. The van der Waals surface area contributed by atoms with Crippen LogP contribution in [0.4, 0.5) is 0 Å². The highest BCUT2D eigenvalue weighted by molar-refractivity contribution is 6.07. The first-order valence-corrected chi connectivity index (χ1v) is 8.63. The van der Waals surface area contributed by atoms with Crippen LogP contribution < -0.4 is 10.9 Å². The van der Waals surface area contributed by atoms with Crippen molar-refractivity contribution in [2.24, 2.45) is 0 Å². The van der Waals surface area contributed by atoms with Crippen molar-refractivity contribution in [1.82, 2.24) is 5.32 Å². The fraction of sp³-hybridized carbons (Fsp3) is 0.400. The predicted octanol–water partition coefficient (Wildman–Crippen LogP) is 3.16. The van der Waals surface area contributed by atoms with Crippen molar-refractivity contribution in [3.8, 4) is 0 Å². The molecule has 0 fully saturated rings. The number of methoxy groups -OCH3 is 1. The van der Waals surface area contributed by atoms with Crippen molar-refractivity contribution in [2.75, 3.05) is 20.3 Å². The third kappa shape index (κ3) is 3.24. The minimum Gasteiger partial charge on any atom is -0.463 e. The van der Waals surface area contributed by atoms with Gasteiger partial charge in [-0.25, -0.2) is 4.79 Å². The lowest BCUT2D eigenvalue weighted by molar-refractivity contribution is -0.120. The van der Waals surface area contributed by atoms with Gasteiger partial charge in [-0.1, -0.05) is 0 Å². The van der Waals surface area contributed by atoms with E-state index in [2.05, 4.69) is 5.32 Å². The Morgan fingerprint density at radius 2 is 1.96 bits per heavy atom. The summed E-state index contributed by atoms with van der Waals surface area (Å²) in [6.45, 7) is 6.85. The Hall–Kier alpha value is -2.60. The lowest BCUT2D eigenvalue weighted by Crippen LogP contribution is -2.29. The maximum atomic E-state index is 12.4. The molecule has 0 bridgehead atoms. The molecule has 138 valence electrons. The summed E-state index contributed by atoms with van der Waals surface area (Å²) >= 11 is 0. The summed E-state index contributed by atoms with van der Waals surface area (Å²) in [5.74, 6) is -0.213. The van der Waals surface area contributed by atoms with Crippen LogP contribution in [-0.2, 0) is 16.0 Å². The van der Waals surface area contributed by atoms with Crippen LogP contribution in [0.5, 0.6) is 0 Å². The van der Waals surface area contributed by atoms with E-state index in [1.165, 1.54) is 0 Å². The first-order valence-electron chi connectivity index (χ1n) is 8.63. The topological polar surface area (TPSA) is 81.7 Å². The summed E-state index contributed by atoms with van der Waals surface area (Å²) in [7, 11) is 1.62. The molecule has 0 atom stereocenters. The summed E-state index contributed by atoms with van der Waals surface area (Å²) in [5, 5.41) is 4.56. The Balaban J connectivity index is 2.02. The average molecular weight is 357 g/mol. The number of hydrogen-bond donors (Lipinski definition) is 1. The number of carbonyl (C=O) groups excluding carboxylic acids is 1. The number of aryl methyl sites for hydroxylation is 3. The fourth-order valence-electron chi connectivity index (χ4n) is 3.34. The zero-order valence-electron chi connectivity index (χ0n) is 15.5. The van der Waals surface area contributed by atoms with Gasteiger partial charge in [-0.15, -0.1) is 0 Å². The molecule has 0 unspecified atom stereocenters. The van der Waals surface area contributed by atoms with E-state index in [1.807, 2.05) is 26.8 Å². The van der Waals surface area contributed by atoms with Crippen LogP contribution in [0.3, 0.4) is 0 Å².